The number of carbonyl (C=O) groups is 2. The van der Waals surface area contributed by atoms with Crippen molar-refractivity contribution >= 4 is 29.3 Å². The van der Waals surface area contributed by atoms with Gasteiger partial charge in [0.2, 0.25) is 17.8 Å². The highest BCUT2D eigenvalue weighted by molar-refractivity contribution is 5.92. The number of aryl methyl sites for hydroxylation is 1. The molecule has 0 saturated heterocycles. The molecule has 2 amide bonds. The molecular weight excluding hydrogens is 516 g/mol. The molecule has 0 bridgehead atoms. The van der Waals surface area contributed by atoms with Crippen molar-refractivity contribution < 1.29 is 9.59 Å². The van der Waals surface area contributed by atoms with E-state index in [4.69, 9.17) is 10.2 Å². The van der Waals surface area contributed by atoms with E-state index in [1.54, 1.807) is 32.2 Å². The van der Waals surface area contributed by atoms with E-state index in [2.05, 4.69) is 27.0 Å². The van der Waals surface area contributed by atoms with Crippen molar-refractivity contribution in [2.45, 2.75) is 64.5 Å². The summed E-state index contributed by atoms with van der Waals surface area (Å²) in [5, 5.41) is 18.8. The topological polar surface area (TPSA) is 126 Å². The first-order valence-corrected chi connectivity index (χ1v) is 14.5. The SMILES string of the molecule is CCNc1nc(Nc2ccc(C#N)cc2)ncc1CC[C@@H]1CCC[C@H](NC(=O)[C@H](C)N(C)C(=O)/C=C/CN(C)C)C1. The maximum Gasteiger partial charge on any atom is 0.246 e. The number of likely N-dealkylation sites (N-methyl/N-ethyl adjacent to an activating group) is 2. The molecule has 3 N–H and O–H groups in total. The van der Waals surface area contributed by atoms with E-state index >= 15 is 0 Å². The van der Waals surface area contributed by atoms with Crippen LogP contribution in [0.15, 0.2) is 42.6 Å². The number of nitrogens with one attached hydrogen (secondary N) is 3. The second kappa shape index (κ2) is 15.7. The van der Waals surface area contributed by atoms with Crippen LogP contribution in [0.4, 0.5) is 17.5 Å². The highest BCUT2D eigenvalue weighted by Gasteiger charge is 2.27. The van der Waals surface area contributed by atoms with Gasteiger partial charge in [0.1, 0.15) is 11.9 Å². The van der Waals surface area contributed by atoms with Crippen LogP contribution >= 0.6 is 0 Å². The second-order valence-electron chi connectivity index (χ2n) is 11.0. The van der Waals surface area contributed by atoms with Crippen LogP contribution in [0.25, 0.3) is 0 Å². The van der Waals surface area contributed by atoms with E-state index < -0.39 is 6.04 Å². The average Bonchev–Trinajstić information content (AvgIpc) is 2.96. The summed E-state index contributed by atoms with van der Waals surface area (Å²) in [5.41, 5.74) is 2.49. The highest BCUT2D eigenvalue weighted by atomic mass is 16.2. The molecule has 1 aromatic carbocycles. The molecule has 0 radical (unpaired) electrons. The van der Waals surface area contributed by atoms with Crippen molar-refractivity contribution in [3.05, 3.63) is 53.7 Å². The van der Waals surface area contributed by atoms with Gasteiger partial charge in [0.25, 0.3) is 0 Å². The van der Waals surface area contributed by atoms with Crippen molar-refractivity contribution in [2.24, 2.45) is 5.92 Å². The van der Waals surface area contributed by atoms with Crippen LogP contribution in [0.2, 0.25) is 0 Å². The third-order valence-electron chi connectivity index (χ3n) is 7.47. The van der Waals surface area contributed by atoms with E-state index in [0.717, 1.165) is 62.1 Å². The smallest absolute Gasteiger partial charge is 0.246 e. The van der Waals surface area contributed by atoms with Gasteiger partial charge in [-0.2, -0.15) is 10.2 Å². The van der Waals surface area contributed by atoms with Crippen molar-refractivity contribution in [1.82, 2.24) is 25.1 Å². The molecule has 1 aliphatic carbocycles. The Labute approximate surface area is 244 Å². The summed E-state index contributed by atoms with van der Waals surface area (Å²) in [7, 11) is 5.55. The molecule has 2 aromatic rings. The number of nitriles is 1. The lowest BCUT2D eigenvalue weighted by atomic mass is 9.82. The van der Waals surface area contributed by atoms with Crippen molar-refractivity contribution in [3.8, 4) is 6.07 Å². The predicted octanol–water partition coefficient (Wildman–Crippen LogP) is 4.10. The minimum absolute atomic E-state index is 0.110. The number of aromatic nitrogens is 2. The van der Waals surface area contributed by atoms with Gasteiger partial charge in [-0.25, -0.2) is 4.98 Å². The summed E-state index contributed by atoms with van der Waals surface area (Å²) in [6.07, 6.45) is 11.1. The maximum atomic E-state index is 13.0. The van der Waals surface area contributed by atoms with Gasteiger partial charge in [0, 0.05) is 49.7 Å². The van der Waals surface area contributed by atoms with Gasteiger partial charge < -0.3 is 25.8 Å². The van der Waals surface area contributed by atoms with Crippen LogP contribution in [-0.4, -0.2) is 77.9 Å². The van der Waals surface area contributed by atoms with Crippen LogP contribution in [0.5, 0.6) is 0 Å². The highest BCUT2D eigenvalue weighted by Crippen LogP contribution is 2.29. The summed E-state index contributed by atoms with van der Waals surface area (Å²) < 4.78 is 0. The van der Waals surface area contributed by atoms with Crippen molar-refractivity contribution in [3.63, 3.8) is 0 Å². The normalized spacial score (nSPS) is 17.6. The summed E-state index contributed by atoms with van der Waals surface area (Å²) in [6, 6.07) is 8.87. The minimum Gasteiger partial charge on any atom is -0.370 e. The maximum absolute atomic E-state index is 13.0. The van der Waals surface area contributed by atoms with E-state index in [1.165, 1.54) is 11.0 Å². The first kappa shape index (κ1) is 31.6. The largest absolute Gasteiger partial charge is 0.370 e. The van der Waals surface area contributed by atoms with Gasteiger partial charge in [-0.15, -0.1) is 0 Å². The molecule has 10 heteroatoms. The molecule has 3 atom stereocenters. The third-order valence-corrected chi connectivity index (χ3v) is 7.47. The van der Waals surface area contributed by atoms with Gasteiger partial charge in [-0.05, 0) is 83.8 Å². The lowest BCUT2D eigenvalue weighted by Gasteiger charge is -2.32. The van der Waals surface area contributed by atoms with Gasteiger partial charge >= 0.3 is 0 Å². The van der Waals surface area contributed by atoms with Gasteiger partial charge in [0.05, 0.1) is 11.6 Å². The minimum atomic E-state index is -0.539. The van der Waals surface area contributed by atoms with Gasteiger partial charge in [-0.3, -0.25) is 9.59 Å². The van der Waals surface area contributed by atoms with E-state index in [0.29, 0.717) is 24.0 Å². The fourth-order valence-corrected chi connectivity index (χ4v) is 4.94. The first-order chi connectivity index (χ1) is 19.7. The van der Waals surface area contributed by atoms with Crippen LogP contribution < -0.4 is 16.0 Å². The number of amides is 2. The molecule has 0 unspecified atom stereocenters. The molecule has 1 aliphatic rings. The zero-order chi connectivity index (χ0) is 29.8. The number of nitrogens with zero attached hydrogens (tertiary/aromatic N) is 5. The molecule has 41 heavy (non-hydrogen) atoms. The Morgan fingerprint density at radius 3 is 2.63 bits per heavy atom. The Morgan fingerprint density at radius 1 is 1.20 bits per heavy atom. The fourth-order valence-electron chi connectivity index (χ4n) is 4.94. The zero-order valence-corrected chi connectivity index (χ0v) is 25.0. The number of benzene rings is 1. The molecular formula is C31H44N8O2. The number of anilines is 3. The van der Waals surface area contributed by atoms with Crippen LogP contribution in [0.1, 0.15) is 57.1 Å². The molecule has 0 aliphatic heterocycles. The number of hydrogen-bond donors (Lipinski definition) is 3. The van der Waals surface area contributed by atoms with Crippen molar-refractivity contribution in [2.75, 3.05) is 44.9 Å². The molecule has 1 heterocycles. The number of hydrogen-bond acceptors (Lipinski definition) is 8. The van der Waals surface area contributed by atoms with E-state index in [-0.39, 0.29) is 17.9 Å². The van der Waals surface area contributed by atoms with Crippen LogP contribution in [-0.2, 0) is 16.0 Å². The third kappa shape index (κ3) is 9.87. The summed E-state index contributed by atoms with van der Waals surface area (Å²) in [4.78, 5) is 38.1. The zero-order valence-electron chi connectivity index (χ0n) is 25.0. The Morgan fingerprint density at radius 2 is 1.95 bits per heavy atom. The average molecular weight is 561 g/mol. The van der Waals surface area contributed by atoms with Crippen LogP contribution in [0.3, 0.4) is 0 Å². The molecule has 1 aromatic heterocycles. The van der Waals surface area contributed by atoms with E-state index in [9.17, 15) is 9.59 Å². The number of rotatable bonds is 13. The Hall–Kier alpha value is -3.97. The first-order valence-electron chi connectivity index (χ1n) is 14.5. The monoisotopic (exact) mass is 560 g/mol. The summed E-state index contributed by atoms with van der Waals surface area (Å²) >= 11 is 0. The molecule has 220 valence electrons. The lowest BCUT2D eigenvalue weighted by Crippen LogP contribution is -2.49. The molecule has 1 saturated carbocycles. The van der Waals surface area contributed by atoms with Gasteiger partial charge in [0.15, 0.2) is 0 Å². The Kier molecular flexibility index (Phi) is 12.1. The quantitative estimate of drug-likeness (QED) is 0.313. The molecule has 1 fully saturated rings. The Balaban J connectivity index is 1.53. The number of carbonyl (C=O) groups excluding carboxylic acids is 2. The predicted molar refractivity (Wildman–Crippen MR) is 163 cm³/mol. The van der Waals surface area contributed by atoms with E-state index in [1.807, 2.05) is 44.2 Å². The standard InChI is InChI=1S/C31H44N8O2/c1-6-33-29-25(21-34-31(37-29)36-26-16-13-24(20-32)14-17-26)15-12-23-9-7-10-27(19-23)35-30(41)22(2)39(5)28(40)11-8-18-38(3)4/h8,11,13-14,16-17,21-23,27H,6-7,9-10,12,15,18-19H2,1-5H3,(H,35,41)(H2,33,34,36,37)/b11-8+/t22-,23-,27-/m0/s1. The summed E-state index contributed by atoms with van der Waals surface area (Å²) in [5.74, 6) is 1.53. The van der Waals surface area contributed by atoms with Gasteiger partial charge in [-0.1, -0.05) is 18.9 Å². The Bertz CT molecular complexity index is 1220. The van der Waals surface area contributed by atoms with Crippen molar-refractivity contribution in [1.29, 1.82) is 5.26 Å². The fraction of sp³-hybridized carbons (Fsp3) is 0.516. The van der Waals surface area contributed by atoms with Crippen LogP contribution in [0, 0.1) is 17.2 Å². The molecule has 10 nitrogen and oxygen atoms in total. The molecule has 3 rings (SSSR count). The molecule has 0 spiro atoms. The second-order valence-corrected chi connectivity index (χ2v) is 11.0. The summed E-state index contributed by atoms with van der Waals surface area (Å²) in [6.45, 7) is 5.24. The lowest BCUT2D eigenvalue weighted by molar-refractivity contribution is -0.135.